The van der Waals surface area contributed by atoms with Crippen LogP contribution in [0.4, 0.5) is 0 Å². The summed E-state index contributed by atoms with van der Waals surface area (Å²) in [6.45, 7) is 13.2. The summed E-state index contributed by atoms with van der Waals surface area (Å²) >= 11 is 0. The van der Waals surface area contributed by atoms with Crippen molar-refractivity contribution in [2.45, 2.75) is 77.5 Å². The van der Waals surface area contributed by atoms with Gasteiger partial charge < -0.3 is 18.4 Å². The maximum absolute atomic E-state index is 6.17. The Labute approximate surface area is 140 Å². The summed E-state index contributed by atoms with van der Waals surface area (Å²) in [5.74, 6) is 0.751. The van der Waals surface area contributed by atoms with Crippen LogP contribution in [0, 0.1) is 0 Å². The van der Waals surface area contributed by atoms with E-state index in [9.17, 15) is 0 Å². The Morgan fingerprint density at radius 1 is 1.30 bits per heavy atom. The first-order chi connectivity index (χ1) is 10.8. The topological polar surface area (TPSA) is 53.7 Å². The van der Waals surface area contributed by atoms with Gasteiger partial charge in [0, 0.05) is 25.7 Å². The second-order valence-electron chi connectivity index (χ2n) is 7.75. The Bertz CT molecular complexity index is 475. The molecule has 132 valence electrons. The van der Waals surface area contributed by atoms with E-state index in [0.29, 0.717) is 13.2 Å². The molecule has 0 N–H and O–H groups in total. The fourth-order valence-electron chi connectivity index (χ4n) is 2.19. The van der Waals surface area contributed by atoms with Gasteiger partial charge in [-0.1, -0.05) is 25.9 Å². The van der Waals surface area contributed by atoms with E-state index < -0.39 is 8.32 Å². The number of nitrogens with zero attached hydrogens (tertiary/aromatic N) is 1. The molecule has 1 unspecified atom stereocenters. The lowest BCUT2D eigenvalue weighted by molar-refractivity contribution is -0.171. The second kappa shape index (κ2) is 7.92. The fraction of sp³-hybridized carbons (Fsp3) is 0.824. The lowest BCUT2D eigenvalue weighted by Crippen LogP contribution is -2.41. The Hall–Kier alpha value is -0.693. The van der Waals surface area contributed by atoms with E-state index in [4.69, 9.17) is 18.4 Å². The molecule has 23 heavy (non-hydrogen) atoms. The van der Waals surface area contributed by atoms with Gasteiger partial charge >= 0.3 is 0 Å². The zero-order valence-electron chi connectivity index (χ0n) is 15.2. The maximum Gasteiger partial charge on any atom is 0.191 e. The van der Waals surface area contributed by atoms with Crippen molar-refractivity contribution in [3.05, 3.63) is 17.5 Å². The Morgan fingerprint density at radius 2 is 2.09 bits per heavy atom. The molecule has 1 aromatic heterocycles. The van der Waals surface area contributed by atoms with Crippen LogP contribution >= 0.6 is 0 Å². The molecule has 1 atom stereocenters. The molecule has 5 nitrogen and oxygen atoms in total. The van der Waals surface area contributed by atoms with Gasteiger partial charge in [0.25, 0.3) is 0 Å². The largest absolute Gasteiger partial charge is 0.416 e. The van der Waals surface area contributed by atoms with Crippen molar-refractivity contribution < 1.29 is 18.4 Å². The predicted octanol–water partition coefficient (Wildman–Crippen LogP) is 4.28. The average molecular weight is 342 g/mol. The molecule has 1 aliphatic heterocycles. The minimum atomic E-state index is -1.69. The number of ether oxygens (including phenoxy) is 2. The van der Waals surface area contributed by atoms with E-state index in [1.54, 1.807) is 0 Å². The van der Waals surface area contributed by atoms with Crippen molar-refractivity contribution in [1.29, 1.82) is 0 Å². The first-order valence-corrected chi connectivity index (χ1v) is 11.5. The Morgan fingerprint density at radius 3 is 2.74 bits per heavy atom. The molecular weight excluding hydrogens is 310 g/mol. The normalized spacial score (nSPS) is 20.0. The fourth-order valence-corrected chi connectivity index (χ4v) is 3.23. The van der Waals surface area contributed by atoms with Crippen LogP contribution in [-0.4, -0.2) is 33.0 Å². The standard InChI is InChI=1S/C17H31NO4Si/c1-17(2,3)23(4,5)21-11-9-14-12-15(22-18-14)13-20-16-8-6-7-10-19-16/h12,16H,6-11,13H2,1-5H3. The first kappa shape index (κ1) is 18.6. The van der Waals surface area contributed by atoms with Crippen LogP contribution in [-0.2, 0) is 26.9 Å². The quantitative estimate of drug-likeness (QED) is 0.693. The molecule has 1 saturated heterocycles. The van der Waals surface area contributed by atoms with Crippen molar-refractivity contribution in [2.75, 3.05) is 13.2 Å². The summed E-state index contributed by atoms with van der Waals surface area (Å²) in [6.07, 6.45) is 3.92. The minimum Gasteiger partial charge on any atom is -0.416 e. The van der Waals surface area contributed by atoms with Crippen LogP contribution in [0.5, 0.6) is 0 Å². The Balaban J connectivity index is 1.72. The lowest BCUT2D eigenvalue weighted by atomic mass is 10.2. The second-order valence-corrected chi connectivity index (χ2v) is 12.6. The lowest BCUT2D eigenvalue weighted by Gasteiger charge is -2.36. The van der Waals surface area contributed by atoms with Crippen LogP contribution in [0.1, 0.15) is 51.5 Å². The van der Waals surface area contributed by atoms with Gasteiger partial charge in [0.1, 0.15) is 6.61 Å². The maximum atomic E-state index is 6.17. The summed E-state index contributed by atoms with van der Waals surface area (Å²) in [5.41, 5.74) is 0.923. The van der Waals surface area contributed by atoms with Crippen molar-refractivity contribution in [3.63, 3.8) is 0 Å². The highest BCUT2D eigenvalue weighted by molar-refractivity contribution is 6.74. The highest BCUT2D eigenvalue weighted by Crippen LogP contribution is 2.36. The van der Waals surface area contributed by atoms with Crippen LogP contribution in [0.2, 0.25) is 18.1 Å². The van der Waals surface area contributed by atoms with E-state index in [2.05, 4.69) is 39.0 Å². The minimum absolute atomic E-state index is 0.0979. The van der Waals surface area contributed by atoms with Gasteiger partial charge in [0.15, 0.2) is 20.4 Å². The third-order valence-electron chi connectivity index (χ3n) is 4.78. The molecule has 0 aliphatic carbocycles. The summed E-state index contributed by atoms with van der Waals surface area (Å²) in [5, 5.41) is 4.33. The van der Waals surface area contributed by atoms with E-state index in [1.165, 1.54) is 0 Å². The van der Waals surface area contributed by atoms with Crippen LogP contribution in [0.3, 0.4) is 0 Å². The van der Waals surface area contributed by atoms with Gasteiger partial charge in [-0.15, -0.1) is 0 Å². The third-order valence-corrected chi connectivity index (χ3v) is 9.32. The summed E-state index contributed by atoms with van der Waals surface area (Å²) in [4.78, 5) is 0. The van der Waals surface area contributed by atoms with Crippen LogP contribution < -0.4 is 0 Å². The molecule has 0 radical (unpaired) electrons. The molecule has 0 aromatic carbocycles. The highest BCUT2D eigenvalue weighted by Gasteiger charge is 2.36. The number of hydrogen-bond donors (Lipinski definition) is 0. The number of rotatable bonds is 7. The van der Waals surface area contributed by atoms with E-state index >= 15 is 0 Å². The molecule has 0 bridgehead atoms. The molecule has 0 saturated carbocycles. The Kier molecular flexibility index (Phi) is 6.42. The van der Waals surface area contributed by atoms with Gasteiger partial charge in [-0.2, -0.15) is 0 Å². The van der Waals surface area contributed by atoms with Gasteiger partial charge in [-0.3, -0.25) is 0 Å². The van der Waals surface area contributed by atoms with E-state index in [1.807, 2.05) is 6.07 Å². The molecule has 2 heterocycles. The van der Waals surface area contributed by atoms with Crippen molar-refractivity contribution in [2.24, 2.45) is 0 Å². The number of aromatic nitrogens is 1. The molecule has 0 spiro atoms. The SMILES string of the molecule is CC(C)(C)[Si](C)(C)OCCc1cc(COC2CCCCO2)on1. The first-order valence-electron chi connectivity index (χ1n) is 8.59. The van der Waals surface area contributed by atoms with Gasteiger partial charge in [-0.05, 0) is 37.4 Å². The predicted molar refractivity (Wildman–Crippen MR) is 91.7 cm³/mol. The molecule has 6 heteroatoms. The van der Waals surface area contributed by atoms with Crippen LogP contribution in [0.25, 0.3) is 0 Å². The summed E-state index contributed by atoms with van der Waals surface area (Å²) in [6, 6.07) is 1.96. The number of hydrogen-bond acceptors (Lipinski definition) is 5. The molecule has 1 fully saturated rings. The van der Waals surface area contributed by atoms with Crippen molar-refractivity contribution >= 4 is 8.32 Å². The average Bonchev–Trinajstić information content (AvgIpc) is 2.93. The smallest absolute Gasteiger partial charge is 0.191 e. The molecule has 1 aromatic rings. The van der Waals surface area contributed by atoms with Gasteiger partial charge in [-0.25, -0.2) is 0 Å². The monoisotopic (exact) mass is 341 g/mol. The third kappa shape index (κ3) is 5.71. The van der Waals surface area contributed by atoms with Crippen molar-refractivity contribution in [1.82, 2.24) is 5.16 Å². The molecular formula is C17H31NO4Si. The van der Waals surface area contributed by atoms with Crippen molar-refractivity contribution in [3.8, 4) is 0 Å². The molecule has 2 rings (SSSR count). The van der Waals surface area contributed by atoms with E-state index in [-0.39, 0.29) is 11.3 Å². The summed E-state index contributed by atoms with van der Waals surface area (Å²) < 4.78 is 22.7. The van der Waals surface area contributed by atoms with Gasteiger partial charge in [0.05, 0.1) is 5.69 Å². The van der Waals surface area contributed by atoms with Crippen LogP contribution in [0.15, 0.2) is 10.6 Å². The highest BCUT2D eigenvalue weighted by atomic mass is 28.4. The molecule has 0 amide bonds. The van der Waals surface area contributed by atoms with E-state index in [0.717, 1.165) is 43.7 Å². The zero-order valence-corrected chi connectivity index (χ0v) is 16.2. The summed E-state index contributed by atoms with van der Waals surface area (Å²) in [7, 11) is -1.69. The zero-order chi connectivity index (χ0) is 16.9. The van der Waals surface area contributed by atoms with Gasteiger partial charge in [0.2, 0.25) is 0 Å². The molecule has 1 aliphatic rings.